The summed E-state index contributed by atoms with van der Waals surface area (Å²) < 4.78 is 19.1. The van der Waals surface area contributed by atoms with Gasteiger partial charge in [-0.3, -0.25) is 0 Å². The molecule has 3 heteroatoms. The fourth-order valence-corrected chi connectivity index (χ4v) is 1.90. The summed E-state index contributed by atoms with van der Waals surface area (Å²) in [5.41, 5.74) is 6.25. The lowest BCUT2D eigenvalue weighted by Crippen LogP contribution is -2.00. The van der Waals surface area contributed by atoms with Gasteiger partial charge < -0.3 is 10.2 Å². The Morgan fingerprint density at radius 3 is 2.62 bits per heavy atom. The van der Waals surface area contributed by atoms with E-state index >= 15 is 0 Å². The van der Waals surface area contributed by atoms with Gasteiger partial charge in [-0.15, -0.1) is 0 Å². The van der Waals surface area contributed by atoms with Gasteiger partial charge in [-0.2, -0.15) is 0 Å². The molecule has 2 unspecified atom stereocenters. The maximum Gasteiger partial charge on any atom is 0.137 e. The zero-order valence-electron chi connectivity index (χ0n) is 8.69. The smallest absolute Gasteiger partial charge is 0.137 e. The normalized spacial score (nSPS) is 23.4. The Kier molecular flexibility index (Phi) is 2.07. The van der Waals surface area contributed by atoms with Crippen molar-refractivity contribution in [3.05, 3.63) is 48.0 Å². The number of halogens is 1. The Morgan fingerprint density at radius 2 is 1.94 bits per heavy atom. The van der Waals surface area contributed by atoms with Gasteiger partial charge in [0.05, 0.1) is 5.56 Å². The van der Waals surface area contributed by atoms with Gasteiger partial charge in [0.1, 0.15) is 17.3 Å². The van der Waals surface area contributed by atoms with Gasteiger partial charge in [-0.25, -0.2) is 4.39 Å². The van der Waals surface area contributed by atoms with Crippen LogP contribution in [0.1, 0.15) is 18.1 Å². The second kappa shape index (κ2) is 3.46. The average molecular weight is 217 g/mol. The number of nitrogens with two attached hydrogens (primary N) is 1. The summed E-state index contributed by atoms with van der Waals surface area (Å²) in [6.45, 7) is 0. The van der Waals surface area contributed by atoms with Crippen molar-refractivity contribution < 1.29 is 8.81 Å². The van der Waals surface area contributed by atoms with E-state index in [1.54, 1.807) is 24.3 Å². The molecule has 0 spiro atoms. The van der Waals surface area contributed by atoms with E-state index in [1.807, 2.05) is 6.07 Å². The summed E-state index contributed by atoms with van der Waals surface area (Å²) in [5.74, 6) is 1.50. The van der Waals surface area contributed by atoms with Crippen LogP contribution < -0.4 is 5.73 Å². The summed E-state index contributed by atoms with van der Waals surface area (Å²) in [6.07, 6.45) is 0.963. The van der Waals surface area contributed by atoms with E-state index in [2.05, 4.69) is 0 Å². The Morgan fingerprint density at radius 1 is 1.19 bits per heavy atom. The predicted octanol–water partition coefficient (Wildman–Crippen LogP) is 2.90. The van der Waals surface area contributed by atoms with Gasteiger partial charge in [-0.1, -0.05) is 12.1 Å². The molecule has 2 aromatic rings. The Labute approximate surface area is 92.9 Å². The topological polar surface area (TPSA) is 39.2 Å². The molecule has 1 fully saturated rings. The van der Waals surface area contributed by atoms with Crippen LogP contribution in [-0.4, -0.2) is 6.04 Å². The molecule has 2 N–H and O–H groups in total. The molecule has 16 heavy (non-hydrogen) atoms. The van der Waals surface area contributed by atoms with Crippen LogP contribution in [0.2, 0.25) is 0 Å². The first-order valence-corrected chi connectivity index (χ1v) is 5.36. The molecule has 2 atom stereocenters. The second-order valence-corrected chi connectivity index (χ2v) is 4.19. The van der Waals surface area contributed by atoms with Crippen molar-refractivity contribution in [2.45, 2.75) is 18.4 Å². The third kappa shape index (κ3) is 1.53. The van der Waals surface area contributed by atoms with Crippen molar-refractivity contribution in [3.63, 3.8) is 0 Å². The second-order valence-electron chi connectivity index (χ2n) is 4.19. The van der Waals surface area contributed by atoms with Crippen LogP contribution in [0.15, 0.2) is 40.8 Å². The quantitative estimate of drug-likeness (QED) is 0.840. The molecule has 82 valence electrons. The highest BCUT2D eigenvalue weighted by atomic mass is 19.1. The van der Waals surface area contributed by atoms with E-state index in [9.17, 15) is 4.39 Å². The number of benzene rings is 1. The Bertz CT molecular complexity index is 520. The van der Waals surface area contributed by atoms with Crippen molar-refractivity contribution >= 4 is 0 Å². The van der Waals surface area contributed by atoms with Crippen LogP contribution >= 0.6 is 0 Å². The van der Waals surface area contributed by atoms with Crippen molar-refractivity contribution in [1.82, 2.24) is 0 Å². The highest BCUT2D eigenvalue weighted by molar-refractivity contribution is 5.58. The molecule has 0 saturated heterocycles. The molecular formula is C13H12FNO. The van der Waals surface area contributed by atoms with Gasteiger partial charge in [0, 0.05) is 12.0 Å². The van der Waals surface area contributed by atoms with Gasteiger partial charge in [0.15, 0.2) is 0 Å². The predicted molar refractivity (Wildman–Crippen MR) is 59.4 cm³/mol. The maximum absolute atomic E-state index is 13.5. The first-order chi connectivity index (χ1) is 7.75. The molecule has 0 radical (unpaired) electrons. The molecule has 3 rings (SSSR count). The Hall–Kier alpha value is -1.61. The van der Waals surface area contributed by atoms with Crippen molar-refractivity contribution in [3.8, 4) is 11.3 Å². The lowest BCUT2D eigenvalue weighted by atomic mass is 10.1. The average Bonchev–Trinajstić information content (AvgIpc) is 2.82. The first kappa shape index (κ1) is 9.60. The number of rotatable bonds is 2. The SMILES string of the molecule is NC1CC1c1ccc(-c2ccccc2F)o1. The lowest BCUT2D eigenvalue weighted by Gasteiger charge is -1.98. The standard InChI is InChI=1S/C13H12FNO/c14-10-4-2-1-3-8(10)12-5-6-13(16-12)9-7-11(9)15/h1-6,9,11H,7,15H2. The third-order valence-corrected chi connectivity index (χ3v) is 2.97. The molecule has 0 bridgehead atoms. The molecule has 0 aliphatic heterocycles. The highest BCUT2D eigenvalue weighted by Gasteiger charge is 2.37. The number of hydrogen-bond acceptors (Lipinski definition) is 2. The first-order valence-electron chi connectivity index (χ1n) is 5.36. The van der Waals surface area contributed by atoms with Crippen LogP contribution in [0.4, 0.5) is 4.39 Å². The molecule has 2 nitrogen and oxygen atoms in total. The summed E-state index contributed by atoms with van der Waals surface area (Å²) >= 11 is 0. The molecule has 1 aromatic carbocycles. The summed E-state index contributed by atoms with van der Waals surface area (Å²) in [6, 6.07) is 10.5. The molecule has 1 aliphatic rings. The minimum absolute atomic E-state index is 0.208. The van der Waals surface area contributed by atoms with E-state index in [-0.39, 0.29) is 11.9 Å². The maximum atomic E-state index is 13.5. The van der Waals surface area contributed by atoms with Gasteiger partial charge in [0.25, 0.3) is 0 Å². The van der Waals surface area contributed by atoms with Gasteiger partial charge in [0.2, 0.25) is 0 Å². The van der Waals surface area contributed by atoms with Crippen LogP contribution in [0.25, 0.3) is 11.3 Å². The monoisotopic (exact) mass is 217 g/mol. The fraction of sp³-hybridized carbons (Fsp3) is 0.231. The molecule has 1 aliphatic carbocycles. The van der Waals surface area contributed by atoms with E-state index in [0.717, 1.165) is 12.2 Å². The zero-order valence-corrected chi connectivity index (χ0v) is 8.69. The minimum Gasteiger partial charge on any atom is -0.461 e. The van der Waals surface area contributed by atoms with Crippen LogP contribution in [0, 0.1) is 5.82 Å². The van der Waals surface area contributed by atoms with Crippen LogP contribution in [-0.2, 0) is 0 Å². The fourth-order valence-electron chi connectivity index (χ4n) is 1.90. The van der Waals surface area contributed by atoms with Crippen molar-refractivity contribution in [2.75, 3.05) is 0 Å². The largest absolute Gasteiger partial charge is 0.461 e. The van der Waals surface area contributed by atoms with Crippen molar-refractivity contribution in [1.29, 1.82) is 0 Å². The third-order valence-electron chi connectivity index (χ3n) is 2.97. The van der Waals surface area contributed by atoms with Crippen LogP contribution in [0.5, 0.6) is 0 Å². The van der Waals surface area contributed by atoms with E-state index in [1.165, 1.54) is 6.07 Å². The highest BCUT2D eigenvalue weighted by Crippen LogP contribution is 2.41. The van der Waals surface area contributed by atoms with Crippen molar-refractivity contribution in [2.24, 2.45) is 5.73 Å². The van der Waals surface area contributed by atoms with Crippen LogP contribution in [0.3, 0.4) is 0 Å². The Balaban J connectivity index is 1.95. The van der Waals surface area contributed by atoms with E-state index < -0.39 is 0 Å². The molecule has 1 heterocycles. The van der Waals surface area contributed by atoms with Gasteiger partial charge >= 0.3 is 0 Å². The van der Waals surface area contributed by atoms with E-state index in [4.69, 9.17) is 10.2 Å². The summed E-state index contributed by atoms with van der Waals surface area (Å²) in [4.78, 5) is 0. The summed E-state index contributed by atoms with van der Waals surface area (Å²) in [7, 11) is 0. The molecular weight excluding hydrogens is 205 g/mol. The molecule has 1 aromatic heterocycles. The van der Waals surface area contributed by atoms with Gasteiger partial charge in [-0.05, 0) is 30.7 Å². The number of furan rings is 1. The minimum atomic E-state index is -0.261. The summed E-state index contributed by atoms with van der Waals surface area (Å²) in [5, 5.41) is 0. The number of hydrogen-bond donors (Lipinski definition) is 1. The lowest BCUT2D eigenvalue weighted by molar-refractivity contribution is 0.517. The zero-order chi connectivity index (χ0) is 11.1. The van der Waals surface area contributed by atoms with E-state index in [0.29, 0.717) is 17.2 Å². The molecule has 1 saturated carbocycles. The molecule has 0 amide bonds.